The van der Waals surface area contributed by atoms with Gasteiger partial charge in [0.05, 0.1) is 16.3 Å². The number of esters is 1. The lowest BCUT2D eigenvalue weighted by Crippen LogP contribution is -2.21. The molecule has 2 aromatic rings. The summed E-state index contributed by atoms with van der Waals surface area (Å²) in [5.41, 5.74) is 0.416. The molecule has 114 valence electrons. The Hall–Kier alpha value is -2.60. The Morgan fingerprint density at radius 1 is 1.18 bits per heavy atom. The molecule has 0 aliphatic rings. The fourth-order valence-electron chi connectivity index (χ4n) is 1.59. The van der Waals surface area contributed by atoms with Crippen LogP contribution in [0, 0.1) is 5.82 Å². The Morgan fingerprint density at radius 3 is 2.50 bits per heavy atom. The highest BCUT2D eigenvalue weighted by Crippen LogP contribution is 2.22. The fourth-order valence-corrected chi connectivity index (χ4v) is 1.80. The molecule has 5 nitrogen and oxygen atoms in total. The molecule has 2 aromatic carbocycles. The van der Waals surface area contributed by atoms with Crippen molar-refractivity contribution in [1.29, 1.82) is 0 Å². The first-order chi connectivity index (χ1) is 10.5. The van der Waals surface area contributed by atoms with E-state index >= 15 is 0 Å². The van der Waals surface area contributed by atoms with Crippen LogP contribution >= 0.6 is 11.6 Å². The van der Waals surface area contributed by atoms with E-state index in [0.717, 1.165) is 12.1 Å². The number of benzene rings is 2. The first kappa shape index (κ1) is 15.8. The molecule has 2 rings (SSSR count). The van der Waals surface area contributed by atoms with E-state index in [1.165, 1.54) is 30.3 Å². The molecule has 0 aliphatic carbocycles. The number of aromatic hydroxyl groups is 1. The van der Waals surface area contributed by atoms with Crippen LogP contribution in [0.4, 0.5) is 10.1 Å². The van der Waals surface area contributed by atoms with Gasteiger partial charge in [0, 0.05) is 0 Å². The van der Waals surface area contributed by atoms with Crippen molar-refractivity contribution in [3.05, 3.63) is 58.9 Å². The summed E-state index contributed by atoms with van der Waals surface area (Å²) in [5, 5.41) is 11.5. The van der Waals surface area contributed by atoms with E-state index in [0.29, 0.717) is 0 Å². The number of carbonyl (C=O) groups is 2. The van der Waals surface area contributed by atoms with Crippen molar-refractivity contribution in [3.8, 4) is 5.75 Å². The van der Waals surface area contributed by atoms with E-state index in [2.05, 4.69) is 5.32 Å². The summed E-state index contributed by atoms with van der Waals surface area (Å²) < 4.78 is 17.7. The van der Waals surface area contributed by atoms with Crippen molar-refractivity contribution < 1.29 is 23.8 Å². The monoisotopic (exact) mass is 323 g/mol. The maximum absolute atomic E-state index is 12.9. The van der Waals surface area contributed by atoms with E-state index in [-0.39, 0.29) is 22.0 Å². The third kappa shape index (κ3) is 4.20. The standard InChI is InChI=1S/C15H11ClFNO4/c16-12-7-10(17)3-6-13(12)18-14(20)8-22-15(21)9-1-4-11(19)5-2-9/h1-7,19H,8H2,(H,18,20). The molecular weight excluding hydrogens is 313 g/mol. The van der Waals surface area contributed by atoms with Gasteiger partial charge in [0.1, 0.15) is 11.6 Å². The normalized spacial score (nSPS) is 10.1. The number of nitrogens with one attached hydrogen (secondary N) is 1. The molecule has 0 saturated carbocycles. The summed E-state index contributed by atoms with van der Waals surface area (Å²) in [6.45, 7) is -0.520. The lowest BCUT2D eigenvalue weighted by molar-refractivity contribution is -0.119. The minimum atomic E-state index is -0.708. The molecule has 0 radical (unpaired) electrons. The second-order valence-electron chi connectivity index (χ2n) is 4.30. The summed E-state index contributed by atoms with van der Waals surface area (Å²) in [6.07, 6.45) is 0. The summed E-state index contributed by atoms with van der Waals surface area (Å²) in [5.74, 6) is -1.83. The van der Waals surface area contributed by atoms with Crippen molar-refractivity contribution in [2.24, 2.45) is 0 Å². The zero-order valence-electron chi connectivity index (χ0n) is 11.2. The first-order valence-corrected chi connectivity index (χ1v) is 6.54. The number of ether oxygens (including phenoxy) is 1. The van der Waals surface area contributed by atoms with Gasteiger partial charge in [-0.25, -0.2) is 9.18 Å². The molecule has 0 aliphatic heterocycles. The summed E-state index contributed by atoms with van der Waals surface area (Å²) in [7, 11) is 0. The van der Waals surface area contributed by atoms with Crippen molar-refractivity contribution in [1.82, 2.24) is 0 Å². The van der Waals surface area contributed by atoms with E-state index in [1.807, 2.05) is 0 Å². The number of rotatable bonds is 4. The Kier molecular flexibility index (Phi) is 4.95. The summed E-state index contributed by atoms with van der Waals surface area (Å²) in [4.78, 5) is 23.3. The van der Waals surface area contributed by atoms with Crippen LogP contribution in [0.1, 0.15) is 10.4 Å². The van der Waals surface area contributed by atoms with Gasteiger partial charge in [-0.2, -0.15) is 0 Å². The number of halogens is 2. The third-order valence-electron chi connectivity index (χ3n) is 2.64. The molecule has 7 heteroatoms. The molecule has 0 unspecified atom stereocenters. The predicted octanol–water partition coefficient (Wildman–Crippen LogP) is 2.98. The molecule has 0 bridgehead atoms. The maximum Gasteiger partial charge on any atom is 0.338 e. The van der Waals surface area contributed by atoms with Crippen LogP contribution in [0.15, 0.2) is 42.5 Å². The molecule has 2 N–H and O–H groups in total. The zero-order chi connectivity index (χ0) is 16.1. The van der Waals surface area contributed by atoms with Crippen LogP contribution < -0.4 is 5.32 Å². The van der Waals surface area contributed by atoms with Crippen molar-refractivity contribution >= 4 is 29.2 Å². The van der Waals surface area contributed by atoms with Crippen LogP contribution in [0.2, 0.25) is 5.02 Å². The van der Waals surface area contributed by atoms with Crippen LogP contribution in [0.5, 0.6) is 5.75 Å². The SMILES string of the molecule is O=C(COC(=O)c1ccc(O)cc1)Nc1ccc(F)cc1Cl. The Bertz CT molecular complexity index is 703. The van der Waals surface area contributed by atoms with Crippen LogP contribution in [-0.2, 0) is 9.53 Å². The van der Waals surface area contributed by atoms with Crippen molar-refractivity contribution in [2.75, 3.05) is 11.9 Å². The number of carbonyl (C=O) groups excluding carboxylic acids is 2. The minimum Gasteiger partial charge on any atom is -0.508 e. The van der Waals surface area contributed by atoms with Gasteiger partial charge in [-0.3, -0.25) is 4.79 Å². The van der Waals surface area contributed by atoms with Gasteiger partial charge in [0.25, 0.3) is 5.91 Å². The maximum atomic E-state index is 12.9. The van der Waals surface area contributed by atoms with Crippen molar-refractivity contribution in [2.45, 2.75) is 0 Å². The molecule has 22 heavy (non-hydrogen) atoms. The second kappa shape index (κ2) is 6.91. The summed E-state index contributed by atoms with van der Waals surface area (Å²) in [6, 6.07) is 8.89. The molecule has 1 amide bonds. The quantitative estimate of drug-likeness (QED) is 0.848. The smallest absolute Gasteiger partial charge is 0.338 e. The first-order valence-electron chi connectivity index (χ1n) is 6.17. The Balaban J connectivity index is 1.89. The average molecular weight is 324 g/mol. The van der Waals surface area contributed by atoms with Crippen molar-refractivity contribution in [3.63, 3.8) is 0 Å². The molecular formula is C15H11ClFNO4. The minimum absolute atomic E-state index is 0.0141. The topological polar surface area (TPSA) is 75.6 Å². The van der Waals surface area contributed by atoms with E-state index in [1.54, 1.807) is 0 Å². The predicted molar refractivity (Wildman–Crippen MR) is 78.4 cm³/mol. The lowest BCUT2D eigenvalue weighted by atomic mass is 10.2. The van der Waals surface area contributed by atoms with E-state index in [4.69, 9.17) is 21.4 Å². The molecule has 0 saturated heterocycles. The van der Waals surface area contributed by atoms with E-state index < -0.39 is 24.3 Å². The second-order valence-corrected chi connectivity index (χ2v) is 4.70. The molecule has 0 spiro atoms. The molecule has 0 aromatic heterocycles. The third-order valence-corrected chi connectivity index (χ3v) is 2.96. The average Bonchev–Trinajstić information content (AvgIpc) is 2.48. The fraction of sp³-hybridized carbons (Fsp3) is 0.0667. The number of hydrogen-bond acceptors (Lipinski definition) is 4. The van der Waals surface area contributed by atoms with Crippen LogP contribution in [-0.4, -0.2) is 23.6 Å². The van der Waals surface area contributed by atoms with Gasteiger partial charge in [0.2, 0.25) is 0 Å². The van der Waals surface area contributed by atoms with Crippen LogP contribution in [0.3, 0.4) is 0 Å². The highest BCUT2D eigenvalue weighted by atomic mass is 35.5. The Morgan fingerprint density at radius 2 is 1.86 bits per heavy atom. The van der Waals surface area contributed by atoms with Gasteiger partial charge >= 0.3 is 5.97 Å². The Labute approximate surface area is 130 Å². The van der Waals surface area contributed by atoms with Gasteiger partial charge in [0.15, 0.2) is 6.61 Å². The van der Waals surface area contributed by atoms with Gasteiger partial charge < -0.3 is 15.2 Å². The highest BCUT2D eigenvalue weighted by molar-refractivity contribution is 6.33. The highest BCUT2D eigenvalue weighted by Gasteiger charge is 2.11. The molecule has 0 atom stereocenters. The summed E-state index contributed by atoms with van der Waals surface area (Å²) >= 11 is 5.76. The van der Waals surface area contributed by atoms with Crippen LogP contribution in [0.25, 0.3) is 0 Å². The number of hydrogen-bond donors (Lipinski definition) is 2. The molecule has 0 heterocycles. The van der Waals surface area contributed by atoms with Gasteiger partial charge in [-0.15, -0.1) is 0 Å². The number of anilines is 1. The largest absolute Gasteiger partial charge is 0.508 e. The van der Waals surface area contributed by atoms with Gasteiger partial charge in [-0.05, 0) is 42.5 Å². The number of phenolic OH excluding ortho intramolecular Hbond substituents is 1. The number of amides is 1. The number of phenols is 1. The van der Waals surface area contributed by atoms with E-state index in [9.17, 15) is 14.0 Å². The lowest BCUT2D eigenvalue weighted by Gasteiger charge is -2.08. The zero-order valence-corrected chi connectivity index (χ0v) is 11.9. The molecule has 0 fully saturated rings. The van der Waals surface area contributed by atoms with Gasteiger partial charge in [-0.1, -0.05) is 11.6 Å².